The smallest absolute Gasteiger partial charge is 0.155 e. The lowest BCUT2D eigenvalue weighted by Crippen LogP contribution is -2.01. The average Bonchev–Trinajstić information content (AvgIpc) is 2.43. The number of hydrogen-bond acceptors (Lipinski definition) is 5. The predicted octanol–water partition coefficient (Wildman–Crippen LogP) is 2.94. The molecule has 5 nitrogen and oxygen atoms in total. The summed E-state index contributed by atoms with van der Waals surface area (Å²) in [6.07, 6.45) is 0. The Balaban J connectivity index is 2.38. The van der Waals surface area contributed by atoms with Crippen LogP contribution in [0.1, 0.15) is 5.56 Å². The molecule has 0 fully saturated rings. The van der Waals surface area contributed by atoms with Gasteiger partial charge in [-0.15, -0.1) is 0 Å². The highest BCUT2D eigenvalue weighted by atomic mass is 35.5. The zero-order valence-electron chi connectivity index (χ0n) is 10.1. The van der Waals surface area contributed by atoms with Gasteiger partial charge in [0.25, 0.3) is 0 Å². The number of nitrogens with zero attached hydrogens (tertiary/aromatic N) is 2. The molecular formula is C13H11ClN4O. The Morgan fingerprint density at radius 1 is 1.37 bits per heavy atom. The van der Waals surface area contributed by atoms with E-state index in [1.165, 1.54) is 7.11 Å². The number of benzene rings is 1. The molecule has 1 aromatic heterocycles. The van der Waals surface area contributed by atoms with Crippen molar-refractivity contribution in [3.05, 3.63) is 41.0 Å². The largest absolute Gasteiger partial charge is 0.495 e. The molecule has 0 atom stereocenters. The van der Waals surface area contributed by atoms with Crippen LogP contribution in [0.3, 0.4) is 0 Å². The van der Waals surface area contributed by atoms with Crippen LogP contribution in [0.25, 0.3) is 0 Å². The van der Waals surface area contributed by atoms with Gasteiger partial charge in [-0.05, 0) is 24.3 Å². The van der Waals surface area contributed by atoms with E-state index in [0.29, 0.717) is 33.7 Å². The maximum atomic E-state index is 8.84. The van der Waals surface area contributed by atoms with E-state index in [4.69, 9.17) is 27.3 Å². The molecular weight excluding hydrogens is 264 g/mol. The Labute approximate surface area is 115 Å². The minimum Gasteiger partial charge on any atom is -0.495 e. The van der Waals surface area contributed by atoms with Gasteiger partial charge in [-0.2, -0.15) is 5.26 Å². The average molecular weight is 275 g/mol. The van der Waals surface area contributed by atoms with Crippen LogP contribution in [-0.2, 0) is 0 Å². The zero-order valence-corrected chi connectivity index (χ0v) is 10.9. The van der Waals surface area contributed by atoms with Gasteiger partial charge in [0, 0.05) is 6.07 Å². The Morgan fingerprint density at radius 2 is 2.16 bits per heavy atom. The number of nitriles is 1. The lowest BCUT2D eigenvalue weighted by molar-refractivity contribution is 0.416. The SMILES string of the molecule is COc1cc(C#N)ccc1Nc1nc(Cl)ccc1N. The van der Waals surface area contributed by atoms with Gasteiger partial charge in [0.2, 0.25) is 0 Å². The number of nitrogen functional groups attached to an aromatic ring is 1. The van der Waals surface area contributed by atoms with Crippen molar-refractivity contribution < 1.29 is 4.74 Å². The molecule has 0 amide bonds. The molecule has 0 saturated heterocycles. The van der Waals surface area contributed by atoms with E-state index in [0.717, 1.165) is 0 Å². The van der Waals surface area contributed by atoms with Crippen molar-refractivity contribution in [1.82, 2.24) is 4.98 Å². The minimum atomic E-state index is 0.337. The molecule has 0 saturated carbocycles. The van der Waals surface area contributed by atoms with Crippen LogP contribution in [0.4, 0.5) is 17.2 Å². The van der Waals surface area contributed by atoms with Gasteiger partial charge in [-0.25, -0.2) is 4.98 Å². The number of rotatable bonds is 3. The maximum absolute atomic E-state index is 8.84. The second-order valence-corrected chi connectivity index (χ2v) is 4.11. The number of nitrogens with one attached hydrogen (secondary N) is 1. The topological polar surface area (TPSA) is 84.0 Å². The summed E-state index contributed by atoms with van der Waals surface area (Å²) in [6, 6.07) is 10.3. The quantitative estimate of drug-likeness (QED) is 0.841. The van der Waals surface area contributed by atoms with Gasteiger partial charge in [0.1, 0.15) is 10.9 Å². The summed E-state index contributed by atoms with van der Waals surface area (Å²) in [4.78, 5) is 4.09. The third kappa shape index (κ3) is 2.87. The first-order valence-electron chi connectivity index (χ1n) is 5.41. The highest BCUT2D eigenvalue weighted by molar-refractivity contribution is 6.29. The Bertz CT molecular complexity index is 652. The Morgan fingerprint density at radius 3 is 2.84 bits per heavy atom. The van der Waals surface area contributed by atoms with E-state index < -0.39 is 0 Å². The van der Waals surface area contributed by atoms with Gasteiger partial charge in [-0.1, -0.05) is 11.6 Å². The van der Waals surface area contributed by atoms with Crippen molar-refractivity contribution in [2.45, 2.75) is 0 Å². The molecule has 96 valence electrons. The number of pyridine rings is 1. The fraction of sp³-hybridized carbons (Fsp3) is 0.0769. The third-order valence-electron chi connectivity index (χ3n) is 2.48. The lowest BCUT2D eigenvalue weighted by Gasteiger charge is -2.12. The maximum Gasteiger partial charge on any atom is 0.155 e. The first-order chi connectivity index (χ1) is 9.13. The molecule has 0 unspecified atom stereocenters. The Hall–Kier alpha value is -2.45. The minimum absolute atomic E-state index is 0.337. The molecule has 0 spiro atoms. The molecule has 2 rings (SSSR count). The van der Waals surface area contributed by atoms with Crippen LogP contribution in [0.2, 0.25) is 5.15 Å². The summed E-state index contributed by atoms with van der Waals surface area (Å²) in [5.74, 6) is 0.968. The molecule has 0 radical (unpaired) electrons. The Kier molecular flexibility index (Phi) is 3.74. The molecule has 1 heterocycles. The van der Waals surface area contributed by atoms with Crippen LogP contribution >= 0.6 is 11.6 Å². The van der Waals surface area contributed by atoms with E-state index in [-0.39, 0.29) is 0 Å². The van der Waals surface area contributed by atoms with Crippen LogP contribution in [0.5, 0.6) is 5.75 Å². The van der Waals surface area contributed by atoms with Crippen LogP contribution < -0.4 is 15.8 Å². The molecule has 1 aromatic carbocycles. The molecule has 0 aliphatic heterocycles. The van der Waals surface area contributed by atoms with Gasteiger partial charge in [0.05, 0.1) is 30.1 Å². The summed E-state index contributed by atoms with van der Waals surface area (Å²) >= 11 is 5.82. The molecule has 0 aliphatic rings. The van der Waals surface area contributed by atoms with Crippen molar-refractivity contribution >= 4 is 28.8 Å². The number of nitrogens with two attached hydrogens (primary N) is 1. The third-order valence-corrected chi connectivity index (χ3v) is 2.69. The number of methoxy groups -OCH3 is 1. The highest BCUT2D eigenvalue weighted by Crippen LogP contribution is 2.30. The second kappa shape index (κ2) is 5.46. The van der Waals surface area contributed by atoms with Crippen molar-refractivity contribution in [3.8, 4) is 11.8 Å². The second-order valence-electron chi connectivity index (χ2n) is 3.72. The van der Waals surface area contributed by atoms with Crippen molar-refractivity contribution in [3.63, 3.8) is 0 Å². The molecule has 3 N–H and O–H groups in total. The number of anilines is 3. The van der Waals surface area contributed by atoms with Crippen LogP contribution in [-0.4, -0.2) is 12.1 Å². The first-order valence-corrected chi connectivity index (χ1v) is 5.79. The fourth-order valence-electron chi connectivity index (χ4n) is 1.54. The number of hydrogen-bond donors (Lipinski definition) is 2. The van der Waals surface area contributed by atoms with E-state index in [2.05, 4.69) is 10.3 Å². The van der Waals surface area contributed by atoms with Crippen molar-refractivity contribution in [2.75, 3.05) is 18.2 Å². The highest BCUT2D eigenvalue weighted by Gasteiger charge is 2.08. The summed E-state index contributed by atoms with van der Waals surface area (Å²) in [7, 11) is 1.52. The number of aromatic nitrogens is 1. The first kappa shape index (κ1) is 13.0. The number of ether oxygens (including phenoxy) is 1. The summed E-state index contributed by atoms with van der Waals surface area (Å²) in [5.41, 5.74) is 7.44. The normalized spacial score (nSPS) is 9.74. The van der Waals surface area contributed by atoms with Crippen molar-refractivity contribution in [2.24, 2.45) is 0 Å². The van der Waals surface area contributed by atoms with Crippen LogP contribution in [0.15, 0.2) is 30.3 Å². The molecule has 0 bridgehead atoms. The summed E-state index contributed by atoms with van der Waals surface area (Å²) in [5, 5.41) is 12.2. The van der Waals surface area contributed by atoms with Gasteiger partial charge in [-0.3, -0.25) is 0 Å². The monoisotopic (exact) mass is 274 g/mol. The fourth-order valence-corrected chi connectivity index (χ4v) is 1.69. The van der Waals surface area contributed by atoms with Crippen LogP contribution in [0, 0.1) is 11.3 Å². The predicted molar refractivity (Wildman–Crippen MR) is 74.7 cm³/mol. The van der Waals surface area contributed by atoms with E-state index in [1.54, 1.807) is 30.3 Å². The van der Waals surface area contributed by atoms with E-state index in [9.17, 15) is 0 Å². The molecule has 19 heavy (non-hydrogen) atoms. The zero-order chi connectivity index (χ0) is 13.8. The standard InChI is InChI=1S/C13H11ClN4O/c1-19-11-6-8(7-15)2-4-10(11)17-13-9(16)3-5-12(14)18-13/h2-6H,16H2,1H3,(H,17,18). The van der Waals surface area contributed by atoms with Gasteiger partial charge < -0.3 is 15.8 Å². The molecule has 0 aliphatic carbocycles. The summed E-state index contributed by atoms with van der Waals surface area (Å²) in [6.45, 7) is 0. The number of halogens is 1. The van der Waals surface area contributed by atoms with Gasteiger partial charge >= 0.3 is 0 Å². The van der Waals surface area contributed by atoms with E-state index >= 15 is 0 Å². The molecule has 2 aromatic rings. The van der Waals surface area contributed by atoms with Gasteiger partial charge in [0.15, 0.2) is 5.82 Å². The summed E-state index contributed by atoms with van der Waals surface area (Å²) < 4.78 is 5.21. The lowest BCUT2D eigenvalue weighted by atomic mass is 10.2. The van der Waals surface area contributed by atoms with E-state index in [1.807, 2.05) is 6.07 Å². The van der Waals surface area contributed by atoms with Crippen molar-refractivity contribution in [1.29, 1.82) is 5.26 Å². The molecule has 6 heteroatoms.